The SMILES string of the molecule is CC(OC(=O)c1ccc(S(=O)(=O)NC(C)(C)C)cc1)C(=O)Nc1ccc(Br)cc1. The van der Waals surface area contributed by atoms with Crippen molar-refractivity contribution in [3.8, 4) is 0 Å². The first-order chi connectivity index (χ1) is 13.4. The van der Waals surface area contributed by atoms with Crippen LogP contribution < -0.4 is 10.0 Å². The number of ether oxygens (including phenoxy) is 1. The number of carbonyl (C=O) groups is 2. The molecule has 1 unspecified atom stereocenters. The average molecular weight is 483 g/mol. The van der Waals surface area contributed by atoms with Crippen LogP contribution >= 0.6 is 15.9 Å². The van der Waals surface area contributed by atoms with Gasteiger partial charge in [-0.15, -0.1) is 0 Å². The van der Waals surface area contributed by atoms with Gasteiger partial charge >= 0.3 is 5.97 Å². The summed E-state index contributed by atoms with van der Waals surface area (Å²) in [4.78, 5) is 24.5. The Kier molecular flexibility index (Phi) is 7.20. The second-order valence-electron chi connectivity index (χ2n) is 7.42. The summed E-state index contributed by atoms with van der Waals surface area (Å²) in [6.45, 7) is 6.66. The smallest absolute Gasteiger partial charge is 0.338 e. The summed E-state index contributed by atoms with van der Waals surface area (Å²) >= 11 is 3.31. The van der Waals surface area contributed by atoms with E-state index in [1.807, 2.05) is 0 Å². The molecule has 0 saturated carbocycles. The van der Waals surface area contributed by atoms with Crippen LogP contribution in [0.4, 0.5) is 5.69 Å². The summed E-state index contributed by atoms with van der Waals surface area (Å²) in [6.07, 6.45) is -1.03. The highest BCUT2D eigenvalue weighted by Crippen LogP contribution is 2.16. The average Bonchev–Trinajstić information content (AvgIpc) is 2.61. The van der Waals surface area contributed by atoms with Crippen LogP contribution in [0.3, 0.4) is 0 Å². The molecule has 0 spiro atoms. The molecule has 1 atom stereocenters. The molecule has 0 aromatic heterocycles. The summed E-state index contributed by atoms with van der Waals surface area (Å²) in [5.74, 6) is -1.20. The van der Waals surface area contributed by atoms with Gasteiger partial charge in [-0.2, -0.15) is 0 Å². The maximum Gasteiger partial charge on any atom is 0.338 e. The molecular weight excluding hydrogens is 460 g/mol. The van der Waals surface area contributed by atoms with E-state index in [1.165, 1.54) is 31.2 Å². The number of benzene rings is 2. The van der Waals surface area contributed by atoms with Crippen LogP contribution in [0.1, 0.15) is 38.1 Å². The number of halogens is 1. The molecule has 2 aromatic carbocycles. The van der Waals surface area contributed by atoms with Gasteiger partial charge in [-0.3, -0.25) is 4.79 Å². The fraction of sp³-hybridized carbons (Fsp3) is 0.300. The molecular formula is C20H23BrN2O5S. The maximum absolute atomic E-state index is 12.3. The number of sulfonamides is 1. The maximum atomic E-state index is 12.3. The number of nitrogens with one attached hydrogen (secondary N) is 2. The largest absolute Gasteiger partial charge is 0.449 e. The van der Waals surface area contributed by atoms with Crippen LogP contribution in [-0.4, -0.2) is 31.9 Å². The summed E-state index contributed by atoms with van der Waals surface area (Å²) in [6, 6.07) is 12.3. The van der Waals surface area contributed by atoms with Crippen LogP contribution in [-0.2, 0) is 19.6 Å². The van der Waals surface area contributed by atoms with Crippen molar-refractivity contribution in [2.45, 2.75) is 44.2 Å². The first-order valence-electron chi connectivity index (χ1n) is 8.79. The quantitative estimate of drug-likeness (QED) is 0.610. The van der Waals surface area contributed by atoms with Gasteiger partial charge in [0.25, 0.3) is 5.91 Å². The van der Waals surface area contributed by atoms with Gasteiger partial charge in [-0.1, -0.05) is 15.9 Å². The van der Waals surface area contributed by atoms with Crippen LogP contribution in [0, 0.1) is 0 Å². The molecule has 0 fully saturated rings. The molecule has 2 aromatic rings. The van der Waals surface area contributed by atoms with Gasteiger partial charge in [-0.25, -0.2) is 17.9 Å². The third-order valence-corrected chi connectivity index (χ3v) is 5.91. The van der Waals surface area contributed by atoms with E-state index in [0.717, 1.165) is 4.47 Å². The topological polar surface area (TPSA) is 102 Å². The third kappa shape index (κ3) is 6.95. The Morgan fingerprint density at radius 2 is 1.55 bits per heavy atom. The lowest BCUT2D eigenvalue weighted by atomic mass is 10.1. The van der Waals surface area contributed by atoms with Gasteiger partial charge in [0.2, 0.25) is 10.0 Å². The Bertz CT molecular complexity index is 981. The van der Waals surface area contributed by atoms with Crippen molar-refractivity contribution < 1.29 is 22.7 Å². The second kappa shape index (κ2) is 9.06. The molecule has 0 bridgehead atoms. The molecule has 0 aliphatic carbocycles. The van der Waals surface area contributed by atoms with Crippen LogP contribution in [0.15, 0.2) is 57.9 Å². The molecule has 1 amide bonds. The lowest BCUT2D eigenvalue weighted by Gasteiger charge is -2.20. The Hall–Kier alpha value is -2.23. The molecule has 156 valence electrons. The number of anilines is 1. The van der Waals surface area contributed by atoms with Gasteiger partial charge in [0.1, 0.15) is 0 Å². The van der Waals surface area contributed by atoms with Gasteiger partial charge in [-0.05, 0) is 76.2 Å². The number of hydrogen-bond acceptors (Lipinski definition) is 5. The Balaban J connectivity index is 2.01. The van der Waals surface area contributed by atoms with Crippen LogP contribution in [0.25, 0.3) is 0 Å². The van der Waals surface area contributed by atoms with E-state index >= 15 is 0 Å². The lowest BCUT2D eigenvalue weighted by molar-refractivity contribution is -0.123. The number of esters is 1. The molecule has 0 saturated heterocycles. The molecule has 0 aliphatic rings. The fourth-order valence-corrected chi connectivity index (χ4v) is 3.97. The summed E-state index contributed by atoms with van der Waals surface area (Å²) in [7, 11) is -3.70. The van der Waals surface area contributed by atoms with Crippen molar-refractivity contribution in [3.63, 3.8) is 0 Å². The Labute approximate surface area is 179 Å². The van der Waals surface area contributed by atoms with Gasteiger partial charge in [0.05, 0.1) is 10.5 Å². The standard InChI is InChI=1S/C20H23BrN2O5S/c1-13(18(24)22-16-9-7-15(21)8-10-16)28-19(25)14-5-11-17(12-6-14)29(26,27)23-20(2,3)4/h5-13,23H,1-4H3,(H,22,24). The van der Waals surface area contributed by atoms with E-state index in [2.05, 4.69) is 26.0 Å². The minimum Gasteiger partial charge on any atom is -0.449 e. The van der Waals surface area contributed by atoms with Crippen molar-refractivity contribution in [2.75, 3.05) is 5.32 Å². The molecule has 0 radical (unpaired) electrons. The summed E-state index contributed by atoms with van der Waals surface area (Å²) in [5.41, 5.74) is 0.0821. The zero-order valence-electron chi connectivity index (χ0n) is 16.5. The molecule has 7 nitrogen and oxygen atoms in total. The van der Waals surface area contributed by atoms with E-state index in [-0.39, 0.29) is 10.5 Å². The molecule has 2 rings (SSSR count). The van der Waals surface area contributed by atoms with Crippen molar-refractivity contribution in [1.82, 2.24) is 4.72 Å². The van der Waals surface area contributed by atoms with Crippen LogP contribution in [0.5, 0.6) is 0 Å². The van der Waals surface area contributed by atoms with E-state index in [9.17, 15) is 18.0 Å². The molecule has 0 aliphatic heterocycles. The van der Waals surface area contributed by atoms with Gasteiger partial charge in [0, 0.05) is 15.7 Å². The van der Waals surface area contributed by atoms with E-state index in [0.29, 0.717) is 5.69 Å². The minimum atomic E-state index is -3.70. The van der Waals surface area contributed by atoms with Gasteiger partial charge < -0.3 is 10.1 Å². The third-order valence-electron chi connectivity index (χ3n) is 3.61. The van der Waals surface area contributed by atoms with Crippen molar-refractivity contribution in [1.29, 1.82) is 0 Å². The fourth-order valence-electron chi connectivity index (χ4n) is 2.29. The second-order valence-corrected chi connectivity index (χ2v) is 10.0. The molecule has 0 heterocycles. The molecule has 29 heavy (non-hydrogen) atoms. The first-order valence-corrected chi connectivity index (χ1v) is 11.1. The highest BCUT2D eigenvalue weighted by Gasteiger charge is 2.23. The zero-order chi connectivity index (χ0) is 21.8. The number of hydrogen-bond donors (Lipinski definition) is 2. The minimum absolute atomic E-state index is 0.0324. The summed E-state index contributed by atoms with van der Waals surface area (Å²) in [5, 5.41) is 2.65. The highest BCUT2D eigenvalue weighted by molar-refractivity contribution is 9.10. The Morgan fingerprint density at radius 1 is 1.00 bits per heavy atom. The predicted octanol–water partition coefficient (Wildman–Crippen LogP) is 3.71. The highest BCUT2D eigenvalue weighted by atomic mass is 79.9. The van der Waals surface area contributed by atoms with E-state index < -0.39 is 33.5 Å². The van der Waals surface area contributed by atoms with Crippen molar-refractivity contribution in [3.05, 3.63) is 58.6 Å². The van der Waals surface area contributed by atoms with Crippen LogP contribution in [0.2, 0.25) is 0 Å². The molecule has 9 heteroatoms. The first kappa shape index (κ1) is 23.1. The monoisotopic (exact) mass is 482 g/mol. The number of amides is 1. The van der Waals surface area contributed by atoms with Crippen molar-refractivity contribution in [2.24, 2.45) is 0 Å². The Morgan fingerprint density at radius 3 is 2.07 bits per heavy atom. The van der Waals surface area contributed by atoms with E-state index in [1.54, 1.807) is 45.0 Å². The predicted molar refractivity (Wildman–Crippen MR) is 114 cm³/mol. The number of carbonyl (C=O) groups excluding carboxylic acids is 2. The number of rotatable bonds is 6. The van der Waals surface area contributed by atoms with Gasteiger partial charge in [0.15, 0.2) is 6.10 Å². The zero-order valence-corrected chi connectivity index (χ0v) is 18.9. The van der Waals surface area contributed by atoms with Crippen molar-refractivity contribution >= 4 is 43.5 Å². The lowest BCUT2D eigenvalue weighted by Crippen LogP contribution is -2.40. The van der Waals surface area contributed by atoms with E-state index in [4.69, 9.17) is 4.74 Å². The molecule has 2 N–H and O–H groups in total. The summed E-state index contributed by atoms with van der Waals surface area (Å²) < 4.78 is 33.2. The normalized spacial score (nSPS) is 12.9.